The summed E-state index contributed by atoms with van der Waals surface area (Å²) in [5, 5.41) is 12.7. The second-order valence-corrected chi connectivity index (χ2v) is 11.3. The molecule has 4 heterocycles. The predicted molar refractivity (Wildman–Crippen MR) is 154 cm³/mol. The zero-order valence-corrected chi connectivity index (χ0v) is 23.7. The minimum Gasteiger partial charge on any atom is -0.462 e. The van der Waals surface area contributed by atoms with Crippen LogP contribution in [0.5, 0.6) is 6.01 Å². The summed E-state index contributed by atoms with van der Waals surface area (Å²) in [6.45, 7) is 6.04. The van der Waals surface area contributed by atoms with Gasteiger partial charge in [0.1, 0.15) is 12.4 Å². The number of likely N-dealkylation sites (tertiary alicyclic amines) is 1. The van der Waals surface area contributed by atoms with Gasteiger partial charge >= 0.3 is 6.01 Å². The number of nitrogens with zero attached hydrogens (tertiary/aromatic N) is 5. The van der Waals surface area contributed by atoms with Crippen LogP contribution in [0.25, 0.3) is 10.8 Å². The van der Waals surface area contributed by atoms with E-state index in [9.17, 15) is 14.3 Å². The standard InChI is InChI=1S/C30H33ClFN5O4/c1-18(32)29(39)37-11-9-36(10-12-37)28-23-17-40-26(22-7-3-5-19-6-4-8-24(31)27(19)22)14-25(23)33-30(34-28)41-16-20-13-21(38)15-35(20)2/h3-8,20-21,26,38H,1,9-17H2,2H3/t20-,21+,26?/m0/s1. The Balaban J connectivity index is 1.30. The third-order valence-electron chi connectivity index (χ3n) is 8.26. The smallest absolute Gasteiger partial charge is 0.318 e. The topological polar surface area (TPSA) is 91.3 Å². The summed E-state index contributed by atoms with van der Waals surface area (Å²) < 4.78 is 26.0. The number of ether oxygens (including phenoxy) is 2. The van der Waals surface area contributed by atoms with Gasteiger partial charge in [0.2, 0.25) is 0 Å². The van der Waals surface area contributed by atoms with E-state index in [0.717, 1.165) is 27.6 Å². The Morgan fingerprint density at radius 1 is 1.20 bits per heavy atom. The Hall–Kier alpha value is -3.31. The molecule has 6 rings (SSSR count). The van der Waals surface area contributed by atoms with Crippen molar-refractivity contribution < 1.29 is 23.8 Å². The molecule has 1 N–H and O–H groups in total. The molecule has 2 aromatic carbocycles. The maximum Gasteiger partial charge on any atom is 0.318 e. The van der Waals surface area contributed by atoms with Gasteiger partial charge in [-0.2, -0.15) is 9.97 Å². The van der Waals surface area contributed by atoms with E-state index in [4.69, 9.17) is 31.0 Å². The molecule has 2 saturated heterocycles. The number of aliphatic hydroxyl groups is 1. The van der Waals surface area contributed by atoms with Gasteiger partial charge in [-0.05, 0) is 30.5 Å². The molecule has 1 amide bonds. The van der Waals surface area contributed by atoms with Gasteiger partial charge in [-0.15, -0.1) is 0 Å². The van der Waals surface area contributed by atoms with Crippen LogP contribution in [0, 0.1) is 0 Å². The Morgan fingerprint density at radius 2 is 1.95 bits per heavy atom. The van der Waals surface area contributed by atoms with Crippen LogP contribution < -0.4 is 9.64 Å². The van der Waals surface area contributed by atoms with E-state index in [-0.39, 0.29) is 24.3 Å². The number of benzene rings is 2. The summed E-state index contributed by atoms with van der Waals surface area (Å²) in [5.41, 5.74) is 2.71. The van der Waals surface area contributed by atoms with Gasteiger partial charge in [0.25, 0.3) is 5.91 Å². The number of rotatable bonds is 6. The maximum atomic E-state index is 13.5. The fourth-order valence-electron chi connectivity index (χ4n) is 6.06. The van der Waals surface area contributed by atoms with Crippen LogP contribution in [0.15, 0.2) is 48.8 Å². The van der Waals surface area contributed by atoms with E-state index in [1.807, 2.05) is 43.4 Å². The predicted octanol–water partition coefficient (Wildman–Crippen LogP) is 3.67. The van der Waals surface area contributed by atoms with Crippen molar-refractivity contribution in [2.45, 2.75) is 37.7 Å². The number of anilines is 1. The van der Waals surface area contributed by atoms with Crippen molar-refractivity contribution in [1.82, 2.24) is 19.8 Å². The molecule has 0 bridgehead atoms. The molecule has 3 aliphatic rings. The van der Waals surface area contributed by atoms with Crippen LogP contribution in [-0.4, -0.2) is 89.3 Å². The van der Waals surface area contributed by atoms with Crippen LogP contribution in [0.2, 0.25) is 5.02 Å². The van der Waals surface area contributed by atoms with Gasteiger partial charge in [-0.3, -0.25) is 9.69 Å². The lowest BCUT2D eigenvalue weighted by atomic mass is 9.94. The quantitative estimate of drug-likeness (QED) is 0.441. The van der Waals surface area contributed by atoms with E-state index >= 15 is 0 Å². The third-order valence-corrected chi connectivity index (χ3v) is 8.58. The zero-order chi connectivity index (χ0) is 28.7. The Morgan fingerprint density at radius 3 is 2.66 bits per heavy atom. The number of halogens is 2. The van der Waals surface area contributed by atoms with Crippen molar-refractivity contribution in [2.24, 2.45) is 0 Å². The van der Waals surface area contributed by atoms with Crippen LogP contribution in [0.4, 0.5) is 10.2 Å². The number of aromatic nitrogens is 2. The average molecular weight is 582 g/mol. The molecule has 9 nitrogen and oxygen atoms in total. The highest BCUT2D eigenvalue weighted by Gasteiger charge is 2.33. The van der Waals surface area contributed by atoms with Crippen LogP contribution in [-0.2, 0) is 22.6 Å². The SMILES string of the molecule is C=C(F)C(=O)N1CCN(c2nc(OC[C@@H]3C[C@@H](O)CN3C)nc3c2COC(c2cccc4cccc(Cl)c24)C3)CC1. The molecule has 216 valence electrons. The largest absolute Gasteiger partial charge is 0.462 e. The van der Waals surface area contributed by atoms with E-state index in [1.165, 1.54) is 4.90 Å². The molecule has 0 radical (unpaired) electrons. The molecule has 0 spiro atoms. The summed E-state index contributed by atoms with van der Waals surface area (Å²) >= 11 is 6.63. The first-order valence-corrected chi connectivity index (χ1v) is 14.2. The number of carbonyl (C=O) groups is 1. The first-order chi connectivity index (χ1) is 19.8. The molecular weight excluding hydrogens is 549 g/mol. The molecule has 0 saturated carbocycles. The summed E-state index contributed by atoms with van der Waals surface area (Å²) in [5.74, 6) is -0.935. The summed E-state index contributed by atoms with van der Waals surface area (Å²) in [6.07, 6.45) is 0.497. The van der Waals surface area contributed by atoms with Crippen LogP contribution in [0.3, 0.4) is 0 Å². The van der Waals surface area contributed by atoms with Crippen molar-refractivity contribution in [1.29, 1.82) is 0 Å². The molecule has 41 heavy (non-hydrogen) atoms. The van der Waals surface area contributed by atoms with Crippen molar-refractivity contribution in [3.05, 3.63) is 70.6 Å². The molecule has 2 fully saturated rings. The van der Waals surface area contributed by atoms with Crippen molar-refractivity contribution in [2.75, 3.05) is 51.3 Å². The minimum absolute atomic E-state index is 0.0605. The third kappa shape index (κ3) is 5.61. The summed E-state index contributed by atoms with van der Waals surface area (Å²) in [7, 11) is 1.97. The molecular formula is C30H33ClFN5O4. The Kier molecular flexibility index (Phi) is 7.82. The fraction of sp³-hybridized carbons (Fsp3) is 0.433. The second kappa shape index (κ2) is 11.5. The number of hydrogen-bond donors (Lipinski definition) is 1. The van der Waals surface area contributed by atoms with Gasteiger partial charge in [-0.25, -0.2) is 4.39 Å². The van der Waals surface area contributed by atoms with Crippen molar-refractivity contribution >= 4 is 34.1 Å². The normalized spacial score (nSPS) is 23.1. The minimum atomic E-state index is -0.955. The highest BCUT2D eigenvalue weighted by molar-refractivity contribution is 6.35. The van der Waals surface area contributed by atoms with Crippen molar-refractivity contribution in [3.63, 3.8) is 0 Å². The number of piperazine rings is 1. The lowest BCUT2D eigenvalue weighted by Gasteiger charge is -2.37. The molecule has 1 unspecified atom stereocenters. The Labute approximate surface area is 243 Å². The molecule has 11 heteroatoms. The first-order valence-electron chi connectivity index (χ1n) is 13.9. The van der Waals surface area contributed by atoms with Gasteiger partial charge in [0, 0.05) is 61.2 Å². The van der Waals surface area contributed by atoms with Crippen LogP contribution in [0.1, 0.15) is 29.3 Å². The maximum absolute atomic E-state index is 13.5. The van der Waals surface area contributed by atoms with Crippen LogP contribution >= 0.6 is 11.6 Å². The molecule has 3 aromatic rings. The summed E-state index contributed by atoms with van der Waals surface area (Å²) in [4.78, 5) is 27.4. The molecule has 0 aliphatic carbocycles. The zero-order valence-electron chi connectivity index (χ0n) is 22.9. The van der Waals surface area contributed by atoms with E-state index in [0.29, 0.717) is 69.6 Å². The van der Waals surface area contributed by atoms with Gasteiger partial charge in [0.15, 0.2) is 5.83 Å². The van der Waals surface area contributed by atoms with E-state index in [1.54, 1.807) is 0 Å². The van der Waals surface area contributed by atoms with E-state index < -0.39 is 11.7 Å². The number of hydrogen-bond acceptors (Lipinski definition) is 8. The number of carbonyl (C=O) groups excluding carboxylic acids is 1. The number of fused-ring (bicyclic) bond motifs is 2. The average Bonchev–Trinajstić information content (AvgIpc) is 3.31. The monoisotopic (exact) mass is 581 g/mol. The van der Waals surface area contributed by atoms with Gasteiger partial charge in [-0.1, -0.05) is 48.5 Å². The molecule has 3 atom stereocenters. The highest BCUT2D eigenvalue weighted by Crippen LogP contribution is 2.39. The second-order valence-electron chi connectivity index (χ2n) is 10.9. The lowest BCUT2D eigenvalue weighted by Crippen LogP contribution is -2.49. The van der Waals surface area contributed by atoms with Gasteiger partial charge < -0.3 is 24.4 Å². The van der Waals surface area contributed by atoms with E-state index in [2.05, 4.69) is 16.4 Å². The van der Waals surface area contributed by atoms with Crippen molar-refractivity contribution in [3.8, 4) is 6.01 Å². The fourth-order valence-corrected chi connectivity index (χ4v) is 6.35. The molecule has 3 aliphatic heterocycles. The number of aliphatic hydroxyl groups excluding tert-OH is 1. The summed E-state index contributed by atoms with van der Waals surface area (Å²) in [6, 6.07) is 12.3. The lowest BCUT2D eigenvalue weighted by molar-refractivity contribution is -0.128. The highest BCUT2D eigenvalue weighted by atomic mass is 35.5. The number of β-amino-alcohol motifs (C(OH)–C–C–N with tert-alkyl or cyclic N) is 1. The number of amides is 1. The Bertz CT molecular complexity index is 1480. The van der Waals surface area contributed by atoms with Gasteiger partial charge in [0.05, 0.1) is 24.5 Å². The first kappa shape index (κ1) is 27.8. The molecule has 1 aromatic heterocycles. The number of likely N-dealkylation sites (N-methyl/N-ethyl adjacent to an activating group) is 1.